The summed E-state index contributed by atoms with van der Waals surface area (Å²) >= 11 is 0. The third-order valence-electron chi connectivity index (χ3n) is 3.58. The van der Waals surface area contributed by atoms with Crippen molar-refractivity contribution in [2.75, 3.05) is 7.11 Å². The van der Waals surface area contributed by atoms with Crippen molar-refractivity contribution in [2.24, 2.45) is 0 Å². The highest BCUT2D eigenvalue weighted by Gasteiger charge is 2.38. The van der Waals surface area contributed by atoms with Crippen LogP contribution in [0.3, 0.4) is 0 Å². The molecule has 4 nitrogen and oxygen atoms in total. The minimum absolute atomic E-state index is 0.00607. The number of nitrogens with zero attached hydrogens (tertiary/aromatic N) is 1. The van der Waals surface area contributed by atoms with Gasteiger partial charge in [-0.05, 0) is 19.3 Å². The Morgan fingerprint density at radius 3 is 2.82 bits per heavy atom. The summed E-state index contributed by atoms with van der Waals surface area (Å²) < 4.78 is 11.1. The zero-order chi connectivity index (χ0) is 12.3. The number of ether oxygens (including phenoxy) is 1. The highest BCUT2D eigenvalue weighted by molar-refractivity contribution is 5.12. The summed E-state index contributed by atoms with van der Waals surface area (Å²) in [5.41, 5.74) is 1.02. The van der Waals surface area contributed by atoms with Gasteiger partial charge in [-0.25, -0.2) is 4.98 Å². The average molecular weight is 238 g/mol. The van der Waals surface area contributed by atoms with Crippen molar-refractivity contribution in [1.29, 1.82) is 0 Å². The standard InChI is InChI=1S/C13H22N2O2/c1-10(2)14-8-11-12(17-9-15-11)7-13(16-3)5-4-6-13/h9-10,14H,4-8H2,1-3H3. The van der Waals surface area contributed by atoms with Gasteiger partial charge in [-0.15, -0.1) is 0 Å². The third kappa shape index (κ3) is 2.87. The van der Waals surface area contributed by atoms with Gasteiger partial charge in [-0.2, -0.15) is 0 Å². The van der Waals surface area contributed by atoms with E-state index in [4.69, 9.17) is 9.15 Å². The van der Waals surface area contributed by atoms with Gasteiger partial charge in [0.2, 0.25) is 0 Å². The van der Waals surface area contributed by atoms with Crippen molar-refractivity contribution in [2.45, 2.75) is 57.7 Å². The molecule has 1 aliphatic carbocycles. The predicted octanol–water partition coefficient (Wildman–Crippen LogP) is 2.28. The lowest BCUT2D eigenvalue weighted by Crippen LogP contribution is -2.41. The molecule has 4 heteroatoms. The Hall–Kier alpha value is -0.870. The quantitative estimate of drug-likeness (QED) is 0.826. The van der Waals surface area contributed by atoms with Crippen LogP contribution in [0.5, 0.6) is 0 Å². The molecule has 0 aromatic carbocycles. The van der Waals surface area contributed by atoms with Crippen molar-refractivity contribution in [3.8, 4) is 0 Å². The molecule has 1 aromatic heterocycles. The first kappa shape index (κ1) is 12.6. The van der Waals surface area contributed by atoms with Crippen LogP contribution in [-0.2, 0) is 17.7 Å². The molecule has 0 atom stereocenters. The van der Waals surface area contributed by atoms with Crippen LogP contribution in [0.15, 0.2) is 10.8 Å². The Kier molecular flexibility index (Phi) is 3.84. The van der Waals surface area contributed by atoms with Gasteiger partial charge in [-0.3, -0.25) is 0 Å². The molecule has 0 unspecified atom stereocenters. The summed E-state index contributed by atoms with van der Waals surface area (Å²) in [5, 5.41) is 3.36. The molecule has 1 N–H and O–H groups in total. The third-order valence-corrected chi connectivity index (χ3v) is 3.58. The van der Waals surface area contributed by atoms with Crippen LogP contribution in [0, 0.1) is 0 Å². The summed E-state index contributed by atoms with van der Waals surface area (Å²) in [7, 11) is 1.79. The van der Waals surface area contributed by atoms with Crippen LogP contribution in [0.25, 0.3) is 0 Å². The van der Waals surface area contributed by atoms with Crippen molar-refractivity contribution in [3.63, 3.8) is 0 Å². The zero-order valence-corrected chi connectivity index (χ0v) is 11.0. The summed E-state index contributed by atoms with van der Waals surface area (Å²) in [6.07, 6.45) is 5.89. The van der Waals surface area contributed by atoms with Gasteiger partial charge >= 0.3 is 0 Å². The number of hydrogen-bond donors (Lipinski definition) is 1. The number of aromatic nitrogens is 1. The minimum Gasteiger partial charge on any atom is -0.448 e. The second-order valence-electron chi connectivity index (χ2n) is 5.18. The number of rotatable bonds is 6. The lowest BCUT2D eigenvalue weighted by Gasteiger charge is -2.40. The monoisotopic (exact) mass is 238 g/mol. The molecule has 1 aromatic rings. The second-order valence-corrected chi connectivity index (χ2v) is 5.18. The van der Waals surface area contributed by atoms with Crippen LogP contribution in [0.4, 0.5) is 0 Å². The predicted molar refractivity (Wildman–Crippen MR) is 65.8 cm³/mol. The molecule has 0 aliphatic heterocycles. The molecule has 2 rings (SSSR count). The van der Waals surface area contributed by atoms with Crippen molar-refractivity contribution >= 4 is 0 Å². The number of hydrogen-bond acceptors (Lipinski definition) is 4. The minimum atomic E-state index is 0.00607. The smallest absolute Gasteiger partial charge is 0.181 e. The fraction of sp³-hybridized carbons (Fsp3) is 0.769. The lowest BCUT2D eigenvalue weighted by atomic mass is 9.77. The second kappa shape index (κ2) is 5.19. The molecule has 1 aliphatic rings. The molecule has 1 fully saturated rings. The van der Waals surface area contributed by atoms with Gasteiger partial charge in [0.05, 0.1) is 11.3 Å². The summed E-state index contributed by atoms with van der Waals surface area (Å²) in [6, 6.07) is 0.458. The Labute approximate surface area is 103 Å². The van der Waals surface area contributed by atoms with E-state index in [9.17, 15) is 0 Å². The molecule has 0 saturated heterocycles. The van der Waals surface area contributed by atoms with Gasteiger partial charge in [0.25, 0.3) is 0 Å². The molecule has 17 heavy (non-hydrogen) atoms. The lowest BCUT2D eigenvalue weighted by molar-refractivity contribution is -0.0739. The SMILES string of the molecule is COC1(Cc2ocnc2CNC(C)C)CCC1. The fourth-order valence-corrected chi connectivity index (χ4v) is 2.20. The summed E-state index contributed by atoms with van der Waals surface area (Å²) in [6.45, 7) is 5.02. The first-order valence-electron chi connectivity index (χ1n) is 6.35. The maximum absolute atomic E-state index is 5.62. The topological polar surface area (TPSA) is 47.3 Å². The van der Waals surface area contributed by atoms with Crippen LogP contribution in [0.1, 0.15) is 44.6 Å². The van der Waals surface area contributed by atoms with Crippen molar-refractivity contribution in [1.82, 2.24) is 10.3 Å². The highest BCUT2D eigenvalue weighted by atomic mass is 16.5. The van der Waals surface area contributed by atoms with Crippen LogP contribution < -0.4 is 5.32 Å². The van der Waals surface area contributed by atoms with Gasteiger partial charge < -0.3 is 14.5 Å². The van der Waals surface area contributed by atoms with E-state index in [2.05, 4.69) is 24.1 Å². The van der Waals surface area contributed by atoms with E-state index in [1.165, 1.54) is 12.8 Å². The molecular weight excluding hydrogens is 216 g/mol. The Balaban J connectivity index is 1.98. The number of methoxy groups -OCH3 is 1. The van der Waals surface area contributed by atoms with E-state index in [-0.39, 0.29) is 5.60 Å². The first-order chi connectivity index (χ1) is 8.15. The van der Waals surface area contributed by atoms with Crippen molar-refractivity contribution < 1.29 is 9.15 Å². The molecule has 1 saturated carbocycles. The number of nitrogens with one attached hydrogen (secondary N) is 1. The van der Waals surface area contributed by atoms with E-state index in [0.717, 1.165) is 37.3 Å². The van der Waals surface area contributed by atoms with Crippen LogP contribution in [0.2, 0.25) is 0 Å². The van der Waals surface area contributed by atoms with Gasteiger partial charge in [0.15, 0.2) is 6.39 Å². The van der Waals surface area contributed by atoms with E-state index in [1.807, 2.05) is 0 Å². The molecule has 96 valence electrons. The summed E-state index contributed by atoms with van der Waals surface area (Å²) in [5.74, 6) is 0.972. The Morgan fingerprint density at radius 1 is 1.53 bits per heavy atom. The average Bonchev–Trinajstić information content (AvgIpc) is 2.67. The van der Waals surface area contributed by atoms with Gasteiger partial charge in [0, 0.05) is 26.1 Å². The van der Waals surface area contributed by atoms with E-state index >= 15 is 0 Å². The number of oxazole rings is 1. The molecule has 1 heterocycles. The van der Waals surface area contributed by atoms with Crippen molar-refractivity contribution in [3.05, 3.63) is 17.8 Å². The fourth-order valence-electron chi connectivity index (χ4n) is 2.20. The molecular formula is C13H22N2O2. The van der Waals surface area contributed by atoms with E-state index < -0.39 is 0 Å². The van der Waals surface area contributed by atoms with E-state index in [0.29, 0.717) is 6.04 Å². The van der Waals surface area contributed by atoms with E-state index in [1.54, 1.807) is 7.11 Å². The van der Waals surface area contributed by atoms with Gasteiger partial charge in [0.1, 0.15) is 5.76 Å². The van der Waals surface area contributed by atoms with Crippen LogP contribution in [-0.4, -0.2) is 23.7 Å². The normalized spacial score (nSPS) is 18.4. The largest absolute Gasteiger partial charge is 0.448 e. The highest BCUT2D eigenvalue weighted by Crippen LogP contribution is 2.38. The Bertz CT molecular complexity index is 351. The molecule has 0 radical (unpaired) electrons. The Morgan fingerprint density at radius 2 is 2.29 bits per heavy atom. The first-order valence-corrected chi connectivity index (χ1v) is 6.35. The molecule has 0 bridgehead atoms. The zero-order valence-electron chi connectivity index (χ0n) is 11.0. The summed E-state index contributed by atoms with van der Waals surface area (Å²) in [4.78, 5) is 4.28. The molecule has 0 spiro atoms. The van der Waals surface area contributed by atoms with Crippen LogP contribution >= 0.6 is 0 Å². The maximum atomic E-state index is 5.62. The molecule has 0 amide bonds. The maximum Gasteiger partial charge on any atom is 0.181 e. The van der Waals surface area contributed by atoms with Gasteiger partial charge in [-0.1, -0.05) is 13.8 Å².